The van der Waals surface area contributed by atoms with E-state index in [4.69, 9.17) is 0 Å². The van der Waals surface area contributed by atoms with Crippen molar-refractivity contribution in [1.82, 2.24) is 23.7 Å². The van der Waals surface area contributed by atoms with Crippen LogP contribution in [-0.4, -0.2) is 89.5 Å². The fourth-order valence-electron chi connectivity index (χ4n) is 4.09. The summed E-state index contributed by atoms with van der Waals surface area (Å²) in [6, 6.07) is 5.60. The SMILES string of the molecule is CS(=O)(=O)N1CCC(C(=O)N2CCN(C(=O)c3cnn4ccccc34)CC2)CC1. The minimum Gasteiger partial charge on any atom is -0.339 e. The topological polar surface area (TPSA) is 95.3 Å². The van der Waals surface area contributed by atoms with E-state index >= 15 is 0 Å². The molecule has 4 rings (SSSR count). The van der Waals surface area contributed by atoms with Crippen molar-refractivity contribution in [3.63, 3.8) is 0 Å². The number of piperidine rings is 1. The van der Waals surface area contributed by atoms with Crippen molar-refractivity contribution < 1.29 is 18.0 Å². The fraction of sp³-hybridized carbons (Fsp3) is 0.526. The van der Waals surface area contributed by atoms with Gasteiger partial charge in [0, 0.05) is 51.4 Å². The van der Waals surface area contributed by atoms with Gasteiger partial charge in [-0.25, -0.2) is 17.2 Å². The molecule has 10 heteroatoms. The van der Waals surface area contributed by atoms with E-state index in [0.29, 0.717) is 57.7 Å². The average Bonchev–Trinajstić information content (AvgIpc) is 3.16. The number of piperazine rings is 1. The maximum atomic E-state index is 12.9. The van der Waals surface area contributed by atoms with Crippen molar-refractivity contribution in [2.45, 2.75) is 12.8 Å². The quantitative estimate of drug-likeness (QED) is 0.713. The van der Waals surface area contributed by atoms with Gasteiger partial charge in [0.15, 0.2) is 0 Å². The lowest BCUT2D eigenvalue weighted by Gasteiger charge is -2.38. The third-order valence-electron chi connectivity index (χ3n) is 5.81. The molecule has 2 saturated heterocycles. The van der Waals surface area contributed by atoms with Crippen molar-refractivity contribution in [2.24, 2.45) is 5.92 Å². The Morgan fingerprint density at radius 3 is 2.31 bits per heavy atom. The molecule has 0 bridgehead atoms. The van der Waals surface area contributed by atoms with Crippen molar-refractivity contribution in [2.75, 3.05) is 45.5 Å². The predicted molar refractivity (Wildman–Crippen MR) is 107 cm³/mol. The lowest BCUT2D eigenvalue weighted by atomic mass is 9.96. The lowest BCUT2D eigenvalue weighted by molar-refractivity contribution is -0.138. The van der Waals surface area contributed by atoms with E-state index in [2.05, 4.69) is 5.10 Å². The van der Waals surface area contributed by atoms with Crippen LogP contribution in [0.1, 0.15) is 23.2 Å². The first-order chi connectivity index (χ1) is 13.8. The average molecular weight is 420 g/mol. The minimum atomic E-state index is -3.20. The van der Waals surface area contributed by atoms with Crippen LogP contribution in [0.25, 0.3) is 5.52 Å². The highest BCUT2D eigenvalue weighted by Crippen LogP contribution is 2.22. The summed E-state index contributed by atoms with van der Waals surface area (Å²) in [5.74, 6) is -0.143. The van der Waals surface area contributed by atoms with Crippen LogP contribution in [0.5, 0.6) is 0 Å². The molecule has 2 aliphatic rings. The normalized spacial score (nSPS) is 19.6. The van der Waals surface area contributed by atoms with Crippen molar-refractivity contribution in [1.29, 1.82) is 0 Å². The van der Waals surface area contributed by atoms with E-state index in [1.807, 2.05) is 18.2 Å². The Morgan fingerprint density at radius 2 is 1.66 bits per heavy atom. The number of rotatable bonds is 3. The largest absolute Gasteiger partial charge is 0.339 e. The molecule has 0 atom stereocenters. The number of hydrogen-bond donors (Lipinski definition) is 0. The third kappa shape index (κ3) is 3.99. The van der Waals surface area contributed by atoms with Crippen molar-refractivity contribution in [3.05, 3.63) is 36.2 Å². The second-order valence-electron chi connectivity index (χ2n) is 7.64. The van der Waals surface area contributed by atoms with Gasteiger partial charge in [0.2, 0.25) is 15.9 Å². The van der Waals surface area contributed by atoms with Gasteiger partial charge in [-0.1, -0.05) is 6.07 Å². The van der Waals surface area contributed by atoms with Crippen LogP contribution in [0.3, 0.4) is 0 Å². The standard InChI is InChI=1S/C19H25N5O4S/c1-29(27,28)23-8-5-15(6-9-23)18(25)21-10-12-22(13-11-21)19(26)16-14-20-24-7-3-2-4-17(16)24/h2-4,7,14-15H,5-6,8-13H2,1H3. The Bertz CT molecular complexity index is 1020. The first-order valence-electron chi connectivity index (χ1n) is 9.80. The number of amides is 2. The molecule has 0 saturated carbocycles. The van der Waals surface area contributed by atoms with Gasteiger partial charge in [0.1, 0.15) is 0 Å². The number of nitrogens with zero attached hydrogens (tertiary/aromatic N) is 5. The zero-order valence-electron chi connectivity index (χ0n) is 16.4. The Labute approximate surface area is 169 Å². The molecule has 0 spiro atoms. The van der Waals surface area contributed by atoms with E-state index in [-0.39, 0.29) is 17.7 Å². The van der Waals surface area contributed by atoms with E-state index in [1.165, 1.54) is 10.6 Å². The molecule has 2 amide bonds. The highest BCUT2D eigenvalue weighted by atomic mass is 32.2. The van der Waals surface area contributed by atoms with Gasteiger partial charge in [-0.15, -0.1) is 0 Å². The van der Waals surface area contributed by atoms with Crippen LogP contribution >= 0.6 is 0 Å². The van der Waals surface area contributed by atoms with Crippen LogP contribution in [-0.2, 0) is 14.8 Å². The summed E-state index contributed by atoms with van der Waals surface area (Å²) in [5.41, 5.74) is 1.34. The van der Waals surface area contributed by atoms with E-state index in [1.54, 1.807) is 26.7 Å². The Kier molecular flexibility index (Phi) is 5.30. The first kappa shape index (κ1) is 19.8. The Morgan fingerprint density at radius 1 is 1.00 bits per heavy atom. The number of carbonyl (C=O) groups excluding carboxylic acids is 2. The smallest absolute Gasteiger partial charge is 0.257 e. The Balaban J connectivity index is 1.33. The lowest BCUT2D eigenvalue weighted by Crippen LogP contribution is -2.53. The van der Waals surface area contributed by atoms with Gasteiger partial charge in [-0.2, -0.15) is 5.10 Å². The zero-order valence-corrected chi connectivity index (χ0v) is 17.2. The van der Waals surface area contributed by atoms with Gasteiger partial charge in [0.05, 0.1) is 23.5 Å². The summed E-state index contributed by atoms with van der Waals surface area (Å²) in [5, 5.41) is 4.22. The molecule has 4 heterocycles. The fourth-order valence-corrected chi connectivity index (χ4v) is 4.97. The summed E-state index contributed by atoms with van der Waals surface area (Å²) in [4.78, 5) is 29.3. The monoisotopic (exact) mass is 419 g/mol. The van der Waals surface area contributed by atoms with Crippen LogP contribution in [0, 0.1) is 5.92 Å². The predicted octanol–water partition coefficient (Wildman–Crippen LogP) is 0.290. The molecule has 0 radical (unpaired) electrons. The maximum Gasteiger partial charge on any atom is 0.257 e. The molecular weight excluding hydrogens is 394 g/mol. The molecule has 2 fully saturated rings. The maximum absolute atomic E-state index is 12.9. The summed E-state index contributed by atoms with van der Waals surface area (Å²) >= 11 is 0. The summed E-state index contributed by atoms with van der Waals surface area (Å²) in [6.07, 6.45) is 5.69. The van der Waals surface area contributed by atoms with Crippen LogP contribution in [0.2, 0.25) is 0 Å². The van der Waals surface area contributed by atoms with Gasteiger partial charge in [-0.3, -0.25) is 9.59 Å². The summed E-state index contributed by atoms with van der Waals surface area (Å²) in [7, 11) is -3.20. The molecule has 0 aromatic carbocycles. The number of hydrogen-bond acceptors (Lipinski definition) is 5. The highest BCUT2D eigenvalue weighted by Gasteiger charge is 2.33. The van der Waals surface area contributed by atoms with Crippen molar-refractivity contribution >= 4 is 27.4 Å². The van der Waals surface area contributed by atoms with Crippen LogP contribution < -0.4 is 0 Å². The minimum absolute atomic E-state index is 0.0697. The number of sulfonamides is 1. The van der Waals surface area contributed by atoms with E-state index in [0.717, 1.165) is 5.52 Å². The number of aromatic nitrogens is 2. The highest BCUT2D eigenvalue weighted by molar-refractivity contribution is 7.88. The molecule has 0 unspecified atom stereocenters. The molecule has 2 aromatic heterocycles. The van der Waals surface area contributed by atoms with Gasteiger partial charge in [0.25, 0.3) is 5.91 Å². The second kappa shape index (κ2) is 7.75. The van der Waals surface area contributed by atoms with Crippen molar-refractivity contribution in [3.8, 4) is 0 Å². The van der Waals surface area contributed by atoms with Gasteiger partial charge >= 0.3 is 0 Å². The molecule has 9 nitrogen and oxygen atoms in total. The molecule has 0 aliphatic carbocycles. The molecule has 2 aliphatic heterocycles. The second-order valence-corrected chi connectivity index (χ2v) is 9.62. The van der Waals surface area contributed by atoms with Gasteiger partial charge < -0.3 is 9.80 Å². The number of carbonyl (C=O) groups is 2. The van der Waals surface area contributed by atoms with Crippen LogP contribution in [0.15, 0.2) is 30.6 Å². The number of fused-ring (bicyclic) bond motifs is 1. The first-order valence-corrected chi connectivity index (χ1v) is 11.6. The Hall–Kier alpha value is -2.46. The zero-order chi connectivity index (χ0) is 20.6. The number of pyridine rings is 1. The van der Waals surface area contributed by atoms with E-state index in [9.17, 15) is 18.0 Å². The molecule has 2 aromatic rings. The molecule has 156 valence electrons. The van der Waals surface area contributed by atoms with E-state index < -0.39 is 10.0 Å². The molecule has 0 N–H and O–H groups in total. The van der Waals surface area contributed by atoms with Crippen LogP contribution in [0.4, 0.5) is 0 Å². The third-order valence-corrected chi connectivity index (χ3v) is 7.11. The molecular formula is C19H25N5O4S. The molecule has 29 heavy (non-hydrogen) atoms. The summed E-state index contributed by atoms with van der Waals surface area (Å²) in [6.45, 7) is 2.74. The summed E-state index contributed by atoms with van der Waals surface area (Å²) < 4.78 is 26.4. The van der Waals surface area contributed by atoms with Gasteiger partial charge in [-0.05, 0) is 25.0 Å².